The van der Waals surface area contributed by atoms with Crippen molar-refractivity contribution in [1.82, 2.24) is 4.57 Å². The Morgan fingerprint density at radius 1 is 1.04 bits per heavy atom. The zero-order valence-electron chi connectivity index (χ0n) is 14.6. The minimum atomic E-state index is -3.87. The van der Waals surface area contributed by atoms with Crippen molar-refractivity contribution >= 4 is 10.1 Å². The molecule has 2 aromatic rings. The first kappa shape index (κ1) is 17.5. The van der Waals surface area contributed by atoms with E-state index in [1.807, 2.05) is 50.7 Å². The van der Waals surface area contributed by atoms with Crippen LogP contribution in [0.3, 0.4) is 0 Å². The van der Waals surface area contributed by atoms with Gasteiger partial charge in [0.2, 0.25) is 0 Å². The van der Waals surface area contributed by atoms with Crippen LogP contribution in [0.2, 0.25) is 0 Å². The van der Waals surface area contributed by atoms with Crippen LogP contribution in [0.5, 0.6) is 6.01 Å². The maximum absolute atomic E-state index is 12.6. The molecular weight excluding hydrogens is 312 g/mol. The molecule has 0 N–H and O–H groups in total. The van der Waals surface area contributed by atoms with E-state index in [4.69, 9.17) is 4.18 Å². The molecule has 0 aliphatic heterocycles. The Morgan fingerprint density at radius 2 is 1.61 bits per heavy atom. The van der Waals surface area contributed by atoms with E-state index in [2.05, 4.69) is 0 Å². The van der Waals surface area contributed by atoms with Crippen molar-refractivity contribution < 1.29 is 17.2 Å². The summed E-state index contributed by atoms with van der Waals surface area (Å²) in [5.74, 6) is 0. The number of nitrogens with zero attached hydrogens (tertiary/aromatic N) is 2. The fourth-order valence-corrected chi connectivity index (χ4v) is 3.73. The highest BCUT2D eigenvalue weighted by Gasteiger charge is 2.34. The predicted octanol–water partition coefficient (Wildman–Crippen LogP) is 3.32. The van der Waals surface area contributed by atoms with E-state index in [1.54, 1.807) is 18.2 Å². The molecule has 1 aromatic carbocycles. The summed E-state index contributed by atoms with van der Waals surface area (Å²) < 4.78 is 34.7. The molecule has 0 atom stereocenters. The van der Waals surface area contributed by atoms with Gasteiger partial charge in [-0.05, 0) is 39.8 Å². The quantitative estimate of drug-likeness (QED) is 0.621. The summed E-state index contributed by atoms with van der Waals surface area (Å²) in [6, 6.07) is 8.76. The molecule has 0 bridgehead atoms. The topological polar surface area (TPSA) is 52.2 Å². The Labute approximate surface area is 138 Å². The van der Waals surface area contributed by atoms with Crippen molar-refractivity contribution in [2.45, 2.75) is 58.5 Å². The third kappa shape index (κ3) is 3.27. The van der Waals surface area contributed by atoms with Gasteiger partial charge in [0.1, 0.15) is 16.3 Å². The zero-order valence-corrected chi connectivity index (χ0v) is 15.4. The molecule has 23 heavy (non-hydrogen) atoms. The van der Waals surface area contributed by atoms with Gasteiger partial charge in [-0.25, -0.2) is 0 Å². The number of benzene rings is 1. The highest BCUT2D eigenvalue weighted by molar-refractivity contribution is 7.87. The van der Waals surface area contributed by atoms with Crippen molar-refractivity contribution in [2.24, 2.45) is 0 Å². The highest BCUT2D eigenvalue weighted by atomic mass is 32.2. The predicted molar refractivity (Wildman–Crippen MR) is 89.1 cm³/mol. The van der Waals surface area contributed by atoms with E-state index in [9.17, 15) is 8.42 Å². The summed E-state index contributed by atoms with van der Waals surface area (Å²) in [5, 5.41) is 0. The van der Waals surface area contributed by atoms with Crippen molar-refractivity contribution in [3.05, 3.63) is 41.7 Å². The smallest absolute Gasteiger partial charge is 0.305 e. The van der Waals surface area contributed by atoms with Gasteiger partial charge in [0.15, 0.2) is 0 Å². The Hall–Kier alpha value is -1.82. The van der Waals surface area contributed by atoms with E-state index in [0.717, 1.165) is 11.4 Å². The number of rotatable bonds is 5. The molecule has 1 aromatic heterocycles. The van der Waals surface area contributed by atoms with Crippen molar-refractivity contribution in [3.63, 3.8) is 0 Å². The van der Waals surface area contributed by atoms with Crippen LogP contribution in [-0.4, -0.2) is 13.0 Å². The Kier molecular flexibility index (Phi) is 4.84. The molecule has 0 saturated carbocycles. The number of aromatic nitrogens is 2. The van der Waals surface area contributed by atoms with Crippen LogP contribution in [0.25, 0.3) is 0 Å². The number of hydrogen-bond donors (Lipinski definition) is 0. The molecule has 5 nitrogen and oxygen atoms in total. The number of hydrogen-bond acceptors (Lipinski definition) is 3. The Morgan fingerprint density at radius 3 is 2.09 bits per heavy atom. The van der Waals surface area contributed by atoms with Gasteiger partial charge in [-0.15, -0.1) is 0 Å². The maximum atomic E-state index is 12.6. The zero-order chi connectivity index (χ0) is 17.4. The monoisotopic (exact) mass is 337 g/mol. The molecule has 0 amide bonds. The molecule has 0 unspecified atom stereocenters. The van der Waals surface area contributed by atoms with Gasteiger partial charge >= 0.3 is 16.1 Å². The first-order valence-corrected chi connectivity index (χ1v) is 9.20. The lowest BCUT2D eigenvalue weighted by molar-refractivity contribution is -0.723. The van der Waals surface area contributed by atoms with Gasteiger partial charge in [-0.3, -0.25) is 0 Å². The third-order valence-corrected chi connectivity index (χ3v) is 5.13. The minimum absolute atomic E-state index is 0.0923. The van der Waals surface area contributed by atoms with Crippen LogP contribution < -0.4 is 8.75 Å². The Balaban J connectivity index is 2.61. The van der Waals surface area contributed by atoms with Crippen LogP contribution in [-0.2, 0) is 10.1 Å². The second kappa shape index (κ2) is 6.35. The second-order valence-corrected chi connectivity index (χ2v) is 7.78. The standard InChI is InChI=1S/C17H25N2O3S/c1-12(2)18-14(5)15(6)19(13(3)4)17(18)22-23(20,21)16-10-8-7-9-11-16/h7-13H,1-6H3/q+1. The van der Waals surface area contributed by atoms with Gasteiger partial charge < -0.3 is 4.18 Å². The lowest BCUT2D eigenvalue weighted by atomic mass is 10.3. The molecule has 0 saturated heterocycles. The normalized spacial score (nSPS) is 12.2. The largest absolute Gasteiger partial charge is 0.473 e. The molecule has 0 spiro atoms. The molecule has 6 heteroatoms. The van der Waals surface area contributed by atoms with Crippen molar-refractivity contribution in [3.8, 4) is 6.01 Å². The van der Waals surface area contributed by atoms with E-state index in [1.165, 1.54) is 12.1 Å². The first-order chi connectivity index (χ1) is 10.7. The summed E-state index contributed by atoms with van der Waals surface area (Å²) in [6.45, 7) is 12.0. The van der Waals surface area contributed by atoms with Crippen molar-refractivity contribution in [2.75, 3.05) is 0 Å². The van der Waals surface area contributed by atoms with E-state index in [-0.39, 0.29) is 17.0 Å². The van der Waals surface area contributed by atoms with Crippen LogP contribution in [0.15, 0.2) is 35.2 Å². The maximum Gasteiger partial charge on any atom is 0.473 e. The van der Waals surface area contributed by atoms with Crippen molar-refractivity contribution in [1.29, 1.82) is 0 Å². The average molecular weight is 337 g/mol. The summed E-state index contributed by atoms with van der Waals surface area (Å²) in [6.07, 6.45) is 0. The molecule has 126 valence electrons. The highest BCUT2D eigenvalue weighted by Crippen LogP contribution is 2.25. The fourth-order valence-electron chi connectivity index (χ4n) is 2.78. The minimum Gasteiger partial charge on any atom is -0.305 e. The SMILES string of the molecule is Cc1c(C)[n+](C(C)C)c(OS(=O)(=O)c2ccccc2)n1C(C)C. The molecule has 0 fully saturated rings. The summed E-state index contributed by atoms with van der Waals surface area (Å²) in [5.41, 5.74) is 2.01. The van der Waals surface area contributed by atoms with Crippen LogP contribution in [0.1, 0.15) is 51.2 Å². The van der Waals surface area contributed by atoms with Gasteiger partial charge in [0, 0.05) is 13.8 Å². The van der Waals surface area contributed by atoms with Gasteiger partial charge in [0.25, 0.3) is 0 Å². The fraction of sp³-hybridized carbons (Fsp3) is 0.471. The molecule has 0 aliphatic rings. The first-order valence-electron chi connectivity index (χ1n) is 7.79. The molecular formula is C17H25N2O3S+. The second-order valence-electron chi connectivity index (χ2n) is 6.23. The molecule has 1 heterocycles. The van der Waals surface area contributed by atoms with Gasteiger partial charge in [-0.2, -0.15) is 17.6 Å². The lowest BCUT2D eigenvalue weighted by Gasteiger charge is -2.11. The third-order valence-electron chi connectivity index (χ3n) is 3.91. The summed E-state index contributed by atoms with van der Waals surface area (Å²) in [7, 11) is -3.87. The van der Waals surface area contributed by atoms with Gasteiger partial charge in [-0.1, -0.05) is 18.2 Å². The van der Waals surface area contributed by atoms with Crippen LogP contribution in [0.4, 0.5) is 0 Å². The molecule has 0 aliphatic carbocycles. The average Bonchev–Trinajstić information content (AvgIpc) is 2.70. The Bertz CT molecular complexity index is 759. The van der Waals surface area contributed by atoms with E-state index < -0.39 is 10.1 Å². The lowest BCUT2D eigenvalue weighted by Crippen LogP contribution is -2.40. The summed E-state index contributed by atoms with van der Waals surface area (Å²) in [4.78, 5) is 0.155. The van der Waals surface area contributed by atoms with E-state index >= 15 is 0 Å². The molecule has 2 rings (SSSR count). The molecule has 0 radical (unpaired) electrons. The van der Waals surface area contributed by atoms with Gasteiger partial charge in [0.05, 0.1) is 12.1 Å². The number of imidazole rings is 1. The van der Waals surface area contributed by atoms with Crippen LogP contribution in [0, 0.1) is 13.8 Å². The van der Waals surface area contributed by atoms with E-state index in [0.29, 0.717) is 6.01 Å². The van der Waals surface area contributed by atoms with Crippen LogP contribution >= 0.6 is 0 Å². The summed E-state index contributed by atoms with van der Waals surface area (Å²) >= 11 is 0.